The van der Waals surface area contributed by atoms with E-state index in [9.17, 15) is 4.79 Å². The maximum absolute atomic E-state index is 12.9. The molecule has 1 saturated carbocycles. The van der Waals surface area contributed by atoms with Crippen LogP contribution in [0.3, 0.4) is 0 Å². The summed E-state index contributed by atoms with van der Waals surface area (Å²) in [7, 11) is 0. The second-order valence-electron chi connectivity index (χ2n) is 7.62. The van der Waals surface area contributed by atoms with Crippen molar-refractivity contribution in [3.63, 3.8) is 0 Å². The average molecular weight is 332 g/mol. The molecule has 1 aliphatic carbocycles. The molecule has 4 atom stereocenters. The van der Waals surface area contributed by atoms with Gasteiger partial charge >= 0.3 is 0 Å². The number of hydrogen-bond donors (Lipinski definition) is 1. The van der Waals surface area contributed by atoms with E-state index in [-0.39, 0.29) is 18.1 Å². The van der Waals surface area contributed by atoms with Crippen LogP contribution < -0.4 is 5.32 Å². The number of nitrogens with zero attached hydrogens (tertiary/aromatic N) is 3. The normalized spacial score (nSPS) is 33.5. The maximum Gasteiger partial charge on any atom is 0.239 e. The SMILES string of the molecule is Cc1cnn(CC2CN(C(=O)C3CC4CCCCC4N3)CCO2)c1. The predicted octanol–water partition coefficient (Wildman–Crippen LogP) is 1.34. The standard InChI is InChI=1S/C18H28N4O2/c1-13-9-19-22(10-13)12-15-11-21(6-7-24-15)18(23)17-8-14-4-2-3-5-16(14)20-17/h9-10,14-17,20H,2-8,11-12H2,1H3. The van der Waals surface area contributed by atoms with Crippen molar-refractivity contribution < 1.29 is 9.53 Å². The van der Waals surface area contributed by atoms with Gasteiger partial charge < -0.3 is 15.0 Å². The molecular formula is C18H28N4O2. The van der Waals surface area contributed by atoms with Gasteiger partial charge in [0.15, 0.2) is 0 Å². The number of aryl methyl sites for hydroxylation is 1. The van der Waals surface area contributed by atoms with Crippen LogP contribution in [0.5, 0.6) is 0 Å². The maximum atomic E-state index is 12.9. The minimum Gasteiger partial charge on any atom is -0.373 e. The van der Waals surface area contributed by atoms with Gasteiger partial charge in [-0.25, -0.2) is 0 Å². The minimum atomic E-state index is 0.0174. The zero-order valence-electron chi connectivity index (χ0n) is 14.5. The fourth-order valence-corrected chi connectivity index (χ4v) is 4.54. The van der Waals surface area contributed by atoms with E-state index in [1.807, 2.05) is 28.9 Å². The van der Waals surface area contributed by atoms with Gasteiger partial charge in [-0.3, -0.25) is 9.48 Å². The Kier molecular flexibility index (Phi) is 4.59. The monoisotopic (exact) mass is 332 g/mol. The smallest absolute Gasteiger partial charge is 0.239 e. The highest BCUT2D eigenvalue weighted by Gasteiger charge is 2.40. The van der Waals surface area contributed by atoms with E-state index in [1.54, 1.807) is 0 Å². The number of hydrogen-bond acceptors (Lipinski definition) is 4. The summed E-state index contributed by atoms with van der Waals surface area (Å²) in [6.07, 6.45) is 10.1. The largest absolute Gasteiger partial charge is 0.373 e. The topological polar surface area (TPSA) is 59.4 Å². The van der Waals surface area contributed by atoms with Crippen LogP contribution in [-0.2, 0) is 16.1 Å². The molecule has 132 valence electrons. The number of carbonyl (C=O) groups is 1. The summed E-state index contributed by atoms with van der Waals surface area (Å²) in [5.41, 5.74) is 1.15. The predicted molar refractivity (Wildman–Crippen MR) is 90.6 cm³/mol. The molecule has 0 bridgehead atoms. The van der Waals surface area contributed by atoms with E-state index >= 15 is 0 Å². The molecule has 0 spiro atoms. The third-order valence-corrected chi connectivity index (χ3v) is 5.76. The molecule has 2 aliphatic heterocycles. The fourth-order valence-electron chi connectivity index (χ4n) is 4.54. The third kappa shape index (κ3) is 3.35. The number of nitrogens with one attached hydrogen (secondary N) is 1. The van der Waals surface area contributed by atoms with Gasteiger partial charge in [-0.2, -0.15) is 5.10 Å². The number of morpholine rings is 1. The molecule has 1 amide bonds. The Morgan fingerprint density at radius 3 is 3.08 bits per heavy atom. The van der Waals surface area contributed by atoms with Gasteiger partial charge in [0, 0.05) is 25.3 Å². The van der Waals surface area contributed by atoms with Crippen molar-refractivity contribution in [1.82, 2.24) is 20.0 Å². The molecule has 3 heterocycles. The highest BCUT2D eigenvalue weighted by Crippen LogP contribution is 2.33. The number of aromatic nitrogens is 2. The van der Waals surface area contributed by atoms with E-state index in [0.717, 1.165) is 12.0 Å². The summed E-state index contributed by atoms with van der Waals surface area (Å²) < 4.78 is 7.77. The van der Waals surface area contributed by atoms with Crippen molar-refractivity contribution in [2.75, 3.05) is 19.7 Å². The van der Waals surface area contributed by atoms with E-state index in [1.165, 1.54) is 25.7 Å². The third-order valence-electron chi connectivity index (χ3n) is 5.76. The van der Waals surface area contributed by atoms with Crippen LogP contribution in [0.15, 0.2) is 12.4 Å². The lowest BCUT2D eigenvalue weighted by atomic mass is 9.85. The quantitative estimate of drug-likeness (QED) is 0.907. The van der Waals surface area contributed by atoms with Crippen LogP contribution in [-0.4, -0.2) is 58.5 Å². The van der Waals surface area contributed by atoms with Gasteiger partial charge in [-0.15, -0.1) is 0 Å². The van der Waals surface area contributed by atoms with E-state index in [0.29, 0.717) is 38.2 Å². The van der Waals surface area contributed by atoms with Crippen molar-refractivity contribution in [3.8, 4) is 0 Å². The lowest BCUT2D eigenvalue weighted by Crippen LogP contribution is -2.52. The molecule has 1 aromatic rings. The van der Waals surface area contributed by atoms with Crippen molar-refractivity contribution in [1.29, 1.82) is 0 Å². The lowest BCUT2D eigenvalue weighted by molar-refractivity contribution is -0.141. The second kappa shape index (κ2) is 6.84. The van der Waals surface area contributed by atoms with E-state index in [4.69, 9.17) is 4.74 Å². The van der Waals surface area contributed by atoms with Crippen LogP contribution in [0.2, 0.25) is 0 Å². The lowest BCUT2D eigenvalue weighted by Gasteiger charge is -2.34. The molecule has 24 heavy (non-hydrogen) atoms. The number of amides is 1. The molecule has 2 saturated heterocycles. The van der Waals surface area contributed by atoms with Crippen molar-refractivity contribution in [3.05, 3.63) is 18.0 Å². The van der Waals surface area contributed by atoms with Gasteiger partial charge in [0.25, 0.3) is 0 Å². The van der Waals surface area contributed by atoms with Crippen LogP contribution in [0, 0.1) is 12.8 Å². The summed E-state index contributed by atoms with van der Waals surface area (Å²) in [6, 6.07) is 0.584. The van der Waals surface area contributed by atoms with Crippen molar-refractivity contribution >= 4 is 5.91 Å². The first-order valence-corrected chi connectivity index (χ1v) is 9.34. The van der Waals surface area contributed by atoms with Crippen LogP contribution in [0.4, 0.5) is 0 Å². The fraction of sp³-hybridized carbons (Fsp3) is 0.778. The molecule has 4 rings (SSSR count). The Morgan fingerprint density at radius 1 is 1.42 bits per heavy atom. The summed E-state index contributed by atoms with van der Waals surface area (Å²) in [4.78, 5) is 14.9. The number of ether oxygens (including phenoxy) is 1. The van der Waals surface area contributed by atoms with E-state index in [2.05, 4.69) is 10.4 Å². The average Bonchev–Trinajstić information content (AvgIpc) is 3.20. The summed E-state index contributed by atoms with van der Waals surface area (Å²) in [6.45, 7) is 4.75. The Balaban J connectivity index is 1.34. The molecule has 6 heteroatoms. The Labute approximate surface area is 143 Å². The molecule has 4 unspecified atom stereocenters. The van der Waals surface area contributed by atoms with Crippen LogP contribution in [0.25, 0.3) is 0 Å². The van der Waals surface area contributed by atoms with Gasteiger partial charge in [0.1, 0.15) is 0 Å². The molecule has 3 aliphatic rings. The van der Waals surface area contributed by atoms with Gasteiger partial charge in [-0.1, -0.05) is 12.8 Å². The Bertz CT molecular complexity index is 573. The molecule has 0 aromatic carbocycles. The number of carbonyl (C=O) groups excluding carboxylic acids is 1. The number of fused-ring (bicyclic) bond motifs is 1. The molecule has 6 nitrogen and oxygen atoms in total. The Morgan fingerprint density at radius 2 is 2.29 bits per heavy atom. The number of rotatable bonds is 3. The Hall–Kier alpha value is -1.40. The summed E-state index contributed by atoms with van der Waals surface area (Å²) in [5.74, 6) is 0.978. The second-order valence-corrected chi connectivity index (χ2v) is 7.62. The highest BCUT2D eigenvalue weighted by atomic mass is 16.5. The van der Waals surface area contributed by atoms with Gasteiger partial charge in [-0.05, 0) is 37.7 Å². The first-order chi connectivity index (χ1) is 11.7. The first kappa shape index (κ1) is 16.1. The molecule has 0 radical (unpaired) electrons. The molecule has 3 fully saturated rings. The van der Waals surface area contributed by atoms with Crippen molar-refractivity contribution in [2.45, 2.75) is 63.8 Å². The van der Waals surface area contributed by atoms with Gasteiger partial charge in [0.05, 0.1) is 31.5 Å². The summed E-state index contributed by atoms with van der Waals surface area (Å²) in [5, 5.41) is 7.94. The summed E-state index contributed by atoms with van der Waals surface area (Å²) >= 11 is 0. The first-order valence-electron chi connectivity index (χ1n) is 9.34. The zero-order valence-corrected chi connectivity index (χ0v) is 14.5. The van der Waals surface area contributed by atoms with Gasteiger partial charge in [0.2, 0.25) is 5.91 Å². The van der Waals surface area contributed by atoms with Crippen LogP contribution in [0.1, 0.15) is 37.7 Å². The minimum absolute atomic E-state index is 0.0174. The van der Waals surface area contributed by atoms with Crippen molar-refractivity contribution in [2.24, 2.45) is 5.92 Å². The highest BCUT2D eigenvalue weighted by molar-refractivity contribution is 5.82. The molecular weight excluding hydrogens is 304 g/mol. The molecule has 1 N–H and O–H groups in total. The zero-order chi connectivity index (χ0) is 16.5. The molecule has 1 aromatic heterocycles. The van der Waals surface area contributed by atoms with E-state index < -0.39 is 0 Å². The van der Waals surface area contributed by atoms with Crippen LogP contribution >= 0.6 is 0 Å².